The molecule has 1 N–H and O–H groups in total. The average molecular weight is 513 g/mol. The number of hydrogen-bond acceptors (Lipinski definition) is 3. The Morgan fingerprint density at radius 2 is 1.77 bits per heavy atom. The number of carbonyl (C=O) groups is 1. The van der Waals surface area contributed by atoms with E-state index in [-0.39, 0.29) is 12.4 Å². The van der Waals surface area contributed by atoms with Crippen molar-refractivity contribution >= 4 is 5.91 Å². The third kappa shape index (κ3) is 7.98. The fourth-order valence-corrected chi connectivity index (χ4v) is 5.02. The monoisotopic (exact) mass is 512 g/mol. The number of halogens is 7. The minimum Gasteiger partial charge on any atom is -0.493 e. The maximum absolute atomic E-state index is 14.4. The molecule has 2 fully saturated rings. The molecule has 1 aliphatic heterocycles. The van der Waals surface area contributed by atoms with Gasteiger partial charge in [0.25, 0.3) is 11.8 Å². The molecule has 1 saturated carbocycles. The molecule has 1 saturated heterocycles. The van der Waals surface area contributed by atoms with Crippen LogP contribution < -0.4 is 10.1 Å². The fraction of sp³-hybridized carbons (Fsp3) is 0.708. The summed E-state index contributed by atoms with van der Waals surface area (Å²) in [7, 11) is 0. The number of hydrogen-bond donors (Lipinski definition) is 1. The zero-order valence-corrected chi connectivity index (χ0v) is 19.6. The zero-order valence-electron chi connectivity index (χ0n) is 19.6. The first-order chi connectivity index (χ1) is 16.4. The normalized spacial score (nSPS) is 20.3. The van der Waals surface area contributed by atoms with Crippen molar-refractivity contribution in [1.82, 2.24) is 10.2 Å². The maximum Gasteiger partial charge on any atom is 0.401 e. The summed E-state index contributed by atoms with van der Waals surface area (Å²) in [6.45, 7) is 2.17. The Bertz CT molecular complexity index is 839. The summed E-state index contributed by atoms with van der Waals surface area (Å²) in [5, 5.41) is 2.21. The van der Waals surface area contributed by atoms with Crippen molar-refractivity contribution in [1.29, 1.82) is 0 Å². The van der Waals surface area contributed by atoms with Crippen LogP contribution in [0.15, 0.2) is 12.1 Å². The lowest BCUT2D eigenvalue weighted by Gasteiger charge is -2.36. The second-order valence-corrected chi connectivity index (χ2v) is 9.58. The van der Waals surface area contributed by atoms with Gasteiger partial charge in [0, 0.05) is 31.0 Å². The van der Waals surface area contributed by atoms with Crippen LogP contribution in [0.5, 0.6) is 5.75 Å². The Morgan fingerprint density at radius 3 is 2.29 bits per heavy atom. The smallest absolute Gasteiger partial charge is 0.401 e. The van der Waals surface area contributed by atoms with E-state index >= 15 is 0 Å². The van der Waals surface area contributed by atoms with E-state index < -0.39 is 60.6 Å². The predicted octanol–water partition coefficient (Wildman–Crippen LogP) is 5.95. The molecule has 0 radical (unpaired) electrons. The number of nitrogens with one attached hydrogen (secondary N) is 1. The highest BCUT2D eigenvalue weighted by molar-refractivity contribution is 5.95. The minimum absolute atomic E-state index is 0.0831. The van der Waals surface area contributed by atoms with Crippen molar-refractivity contribution in [3.8, 4) is 5.75 Å². The van der Waals surface area contributed by atoms with E-state index in [0.717, 1.165) is 25.0 Å². The molecule has 3 rings (SSSR count). The number of ether oxygens (including phenoxy) is 1. The number of nitrogens with zero attached hydrogens (tertiary/aromatic N) is 1. The van der Waals surface area contributed by atoms with Gasteiger partial charge >= 0.3 is 6.18 Å². The molecular formula is C24H31F7N2O2. The number of carbonyl (C=O) groups excluding carboxylic acids is 1. The predicted molar refractivity (Wildman–Crippen MR) is 116 cm³/mol. The second-order valence-electron chi connectivity index (χ2n) is 9.58. The lowest BCUT2D eigenvalue weighted by molar-refractivity contribution is -0.149. The molecule has 1 amide bonds. The van der Waals surface area contributed by atoms with E-state index in [1.807, 2.05) is 6.92 Å². The van der Waals surface area contributed by atoms with Crippen LogP contribution in [0.1, 0.15) is 62.2 Å². The molecule has 1 aromatic rings. The fourth-order valence-electron chi connectivity index (χ4n) is 5.02. The quantitative estimate of drug-likeness (QED) is 0.311. The molecular weight excluding hydrogens is 481 g/mol. The molecule has 1 aliphatic carbocycles. The Labute approximate surface area is 200 Å². The summed E-state index contributed by atoms with van der Waals surface area (Å²) in [6.07, 6.45) is -1.65. The summed E-state index contributed by atoms with van der Waals surface area (Å²) >= 11 is 0. The molecule has 198 valence electrons. The molecule has 1 aromatic carbocycles. The van der Waals surface area contributed by atoms with Gasteiger partial charge in [-0.25, -0.2) is 17.6 Å². The molecule has 0 spiro atoms. The summed E-state index contributed by atoms with van der Waals surface area (Å²) in [5.74, 6) is -5.66. The molecule has 0 unspecified atom stereocenters. The molecule has 2 aliphatic rings. The zero-order chi connectivity index (χ0) is 25.8. The molecule has 4 nitrogen and oxygen atoms in total. The van der Waals surface area contributed by atoms with Crippen molar-refractivity contribution in [2.24, 2.45) is 11.8 Å². The van der Waals surface area contributed by atoms with Crippen LogP contribution in [-0.4, -0.2) is 55.2 Å². The van der Waals surface area contributed by atoms with E-state index in [0.29, 0.717) is 44.2 Å². The highest BCUT2D eigenvalue weighted by atomic mass is 19.4. The first-order valence-corrected chi connectivity index (χ1v) is 12.0. The number of piperidine rings is 1. The van der Waals surface area contributed by atoms with E-state index in [1.54, 1.807) is 0 Å². The van der Waals surface area contributed by atoms with E-state index in [4.69, 9.17) is 4.74 Å². The molecule has 0 bridgehead atoms. The lowest BCUT2D eigenvalue weighted by Crippen LogP contribution is -2.50. The van der Waals surface area contributed by atoms with Gasteiger partial charge in [0.15, 0.2) is 0 Å². The Hall–Kier alpha value is -2.04. The average Bonchev–Trinajstić information content (AvgIpc) is 2.72. The Kier molecular flexibility index (Phi) is 8.93. The molecule has 1 heterocycles. The second kappa shape index (κ2) is 11.3. The summed E-state index contributed by atoms with van der Waals surface area (Å²) in [6, 6.07) is 0.956. The van der Waals surface area contributed by atoms with Gasteiger partial charge in [0.2, 0.25) is 0 Å². The number of rotatable bonds is 10. The van der Waals surface area contributed by atoms with Gasteiger partial charge in [-0.15, -0.1) is 0 Å². The number of amides is 1. The van der Waals surface area contributed by atoms with Crippen molar-refractivity contribution in [3.05, 3.63) is 29.3 Å². The van der Waals surface area contributed by atoms with Crippen molar-refractivity contribution < 1.29 is 40.3 Å². The highest BCUT2D eigenvalue weighted by Gasteiger charge is 2.46. The molecule has 0 aromatic heterocycles. The minimum atomic E-state index is -4.19. The van der Waals surface area contributed by atoms with Gasteiger partial charge in [0.05, 0.1) is 13.2 Å². The van der Waals surface area contributed by atoms with E-state index in [2.05, 4.69) is 5.32 Å². The topological polar surface area (TPSA) is 41.6 Å². The molecule has 35 heavy (non-hydrogen) atoms. The van der Waals surface area contributed by atoms with Crippen molar-refractivity contribution in [2.45, 2.75) is 70.0 Å². The van der Waals surface area contributed by atoms with Crippen LogP contribution in [-0.2, 0) is 0 Å². The van der Waals surface area contributed by atoms with Gasteiger partial charge in [-0.05, 0) is 50.6 Å². The van der Waals surface area contributed by atoms with Crippen LogP contribution in [0.3, 0.4) is 0 Å². The third-order valence-corrected chi connectivity index (χ3v) is 6.88. The number of alkyl halides is 5. The van der Waals surface area contributed by atoms with Crippen LogP contribution in [0.25, 0.3) is 0 Å². The van der Waals surface area contributed by atoms with Crippen LogP contribution in [0.4, 0.5) is 30.7 Å². The maximum atomic E-state index is 14.4. The largest absolute Gasteiger partial charge is 0.493 e. The number of benzene rings is 1. The summed E-state index contributed by atoms with van der Waals surface area (Å²) < 4.78 is 97.6. The first-order valence-electron chi connectivity index (χ1n) is 12.0. The summed E-state index contributed by atoms with van der Waals surface area (Å²) in [4.78, 5) is 13.5. The van der Waals surface area contributed by atoms with Gasteiger partial charge in [-0.1, -0.05) is 13.3 Å². The van der Waals surface area contributed by atoms with Gasteiger partial charge in [-0.3, -0.25) is 9.69 Å². The lowest BCUT2D eigenvalue weighted by atomic mass is 9.80. The van der Waals surface area contributed by atoms with Crippen LogP contribution in [0.2, 0.25) is 0 Å². The first kappa shape index (κ1) is 27.5. The SMILES string of the molecule is CC[C@@H](CCCOc1cc(F)c(C(=O)NC2CC(F)(F)C2)c(F)c1)C1CCN(CC(F)(F)F)CC1. The Morgan fingerprint density at radius 1 is 1.17 bits per heavy atom. The van der Waals surface area contributed by atoms with Crippen molar-refractivity contribution in [2.75, 3.05) is 26.2 Å². The van der Waals surface area contributed by atoms with Crippen LogP contribution >= 0.6 is 0 Å². The molecule has 1 atom stereocenters. The van der Waals surface area contributed by atoms with Crippen LogP contribution in [0, 0.1) is 23.5 Å². The van der Waals surface area contributed by atoms with E-state index in [9.17, 15) is 35.5 Å². The van der Waals surface area contributed by atoms with E-state index in [1.165, 1.54) is 4.90 Å². The summed E-state index contributed by atoms with van der Waals surface area (Å²) in [5.41, 5.74) is -0.838. The van der Waals surface area contributed by atoms with Gasteiger partial charge in [-0.2, -0.15) is 13.2 Å². The molecule has 11 heteroatoms. The highest BCUT2D eigenvalue weighted by Crippen LogP contribution is 2.37. The van der Waals surface area contributed by atoms with Gasteiger partial charge in [0.1, 0.15) is 22.9 Å². The number of likely N-dealkylation sites (tertiary alicyclic amines) is 1. The van der Waals surface area contributed by atoms with Gasteiger partial charge < -0.3 is 10.1 Å². The Balaban J connectivity index is 1.43. The van der Waals surface area contributed by atoms with Crippen molar-refractivity contribution in [3.63, 3.8) is 0 Å². The standard InChI is InChI=1S/C24H31F7N2O2/c1-2-15(16-5-7-33(8-6-16)14-24(29,30)31)4-3-9-35-18-10-19(25)21(20(26)11-18)22(34)32-17-12-23(27,28)13-17/h10-11,15-17H,2-9,12-14H2,1H3,(H,32,34)/t15-/m0/s1. The third-order valence-electron chi connectivity index (χ3n) is 6.88.